The van der Waals surface area contributed by atoms with Gasteiger partial charge in [-0.1, -0.05) is 6.42 Å². The summed E-state index contributed by atoms with van der Waals surface area (Å²) < 4.78 is 0. The van der Waals surface area contributed by atoms with Crippen molar-refractivity contribution in [1.82, 2.24) is 0 Å². The van der Waals surface area contributed by atoms with Gasteiger partial charge in [-0.05, 0) is 56.1 Å². The van der Waals surface area contributed by atoms with Crippen molar-refractivity contribution < 1.29 is 4.79 Å². The minimum atomic E-state index is 0.217. The molecule has 0 radical (unpaired) electrons. The van der Waals surface area contributed by atoms with Gasteiger partial charge in [-0.3, -0.25) is 4.79 Å². The van der Waals surface area contributed by atoms with Crippen molar-refractivity contribution in [2.24, 2.45) is 11.8 Å². The molecule has 0 aromatic carbocycles. The molecular formula is C13H16OS. The molecule has 2 aliphatic rings. The van der Waals surface area contributed by atoms with Gasteiger partial charge in [0, 0.05) is 4.88 Å². The Morgan fingerprint density at radius 2 is 2.20 bits per heavy atom. The van der Waals surface area contributed by atoms with Gasteiger partial charge in [0.25, 0.3) is 0 Å². The molecule has 15 heavy (non-hydrogen) atoms. The van der Waals surface area contributed by atoms with Gasteiger partial charge in [0.05, 0.1) is 4.88 Å². The molecule has 2 heteroatoms. The Labute approximate surface area is 94.5 Å². The van der Waals surface area contributed by atoms with Crippen LogP contribution in [0.4, 0.5) is 0 Å². The Morgan fingerprint density at radius 1 is 1.33 bits per heavy atom. The highest BCUT2D eigenvalue weighted by molar-refractivity contribution is 7.14. The van der Waals surface area contributed by atoms with Crippen LogP contribution in [0.2, 0.25) is 0 Å². The van der Waals surface area contributed by atoms with Crippen LogP contribution in [0.25, 0.3) is 0 Å². The highest BCUT2D eigenvalue weighted by Gasteiger charge is 2.40. The van der Waals surface area contributed by atoms with Gasteiger partial charge in [-0.25, -0.2) is 0 Å². The van der Waals surface area contributed by atoms with Crippen molar-refractivity contribution in [1.29, 1.82) is 0 Å². The van der Waals surface area contributed by atoms with E-state index in [2.05, 4.69) is 6.07 Å². The third kappa shape index (κ3) is 1.55. The molecule has 0 spiro atoms. The lowest BCUT2D eigenvalue weighted by molar-refractivity contribution is 0.102. The predicted octanol–water partition coefficient (Wildman–Crippen LogP) is 3.85. The molecule has 0 N–H and O–H groups in total. The summed E-state index contributed by atoms with van der Waals surface area (Å²) in [6.45, 7) is 1.66. The van der Waals surface area contributed by atoms with Crippen LogP contribution in [0.1, 0.15) is 53.1 Å². The Bertz CT molecular complexity index is 393. The molecule has 3 rings (SSSR count). The van der Waals surface area contributed by atoms with Crippen LogP contribution in [0.15, 0.2) is 12.1 Å². The van der Waals surface area contributed by atoms with Crippen molar-refractivity contribution in [2.45, 2.75) is 38.5 Å². The largest absolute Gasteiger partial charge is 0.294 e. The summed E-state index contributed by atoms with van der Waals surface area (Å²) in [6, 6.07) is 4.20. The second-order valence-electron chi connectivity index (χ2n) is 5.04. The summed E-state index contributed by atoms with van der Waals surface area (Å²) in [6.07, 6.45) is 5.69. The SMILES string of the molecule is CC(=O)c1ccc(C2CC3CCC2C3)s1. The fraction of sp³-hybridized carbons (Fsp3) is 0.615. The molecule has 1 heterocycles. The van der Waals surface area contributed by atoms with E-state index >= 15 is 0 Å². The third-order valence-electron chi connectivity index (χ3n) is 4.08. The second-order valence-corrected chi connectivity index (χ2v) is 6.15. The fourth-order valence-corrected chi connectivity index (χ4v) is 4.44. The van der Waals surface area contributed by atoms with Gasteiger partial charge in [0.1, 0.15) is 0 Å². The molecule has 80 valence electrons. The predicted molar refractivity (Wildman–Crippen MR) is 62.5 cm³/mol. The first-order valence-corrected chi connectivity index (χ1v) is 6.66. The van der Waals surface area contributed by atoms with Gasteiger partial charge in [0.15, 0.2) is 5.78 Å². The number of fused-ring (bicyclic) bond motifs is 2. The van der Waals surface area contributed by atoms with E-state index in [9.17, 15) is 4.79 Å². The van der Waals surface area contributed by atoms with Crippen LogP contribution in [0, 0.1) is 11.8 Å². The lowest BCUT2D eigenvalue weighted by Gasteiger charge is -2.19. The van der Waals surface area contributed by atoms with Crippen LogP contribution in [0.3, 0.4) is 0 Å². The van der Waals surface area contributed by atoms with E-state index in [1.54, 1.807) is 18.3 Å². The van der Waals surface area contributed by atoms with E-state index in [0.29, 0.717) is 0 Å². The Morgan fingerprint density at radius 3 is 2.73 bits per heavy atom. The van der Waals surface area contributed by atoms with Gasteiger partial charge < -0.3 is 0 Å². The highest BCUT2D eigenvalue weighted by atomic mass is 32.1. The Balaban J connectivity index is 1.84. The molecule has 2 saturated carbocycles. The molecule has 0 saturated heterocycles. The average Bonchev–Trinajstić information content (AvgIpc) is 2.93. The molecule has 0 aliphatic heterocycles. The number of carbonyl (C=O) groups is 1. The lowest BCUT2D eigenvalue weighted by atomic mass is 9.88. The van der Waals surface area contributed by atoms with Crippen molar-refractivity contribution in [3.8, 4) is 0 Å². The molecule has 2 bridgehead atoms. The zero-order chi connectivity index (χ0) is 10.4. The number of hydrogen-bond acceptors (Lipinski definition) is 2. The van der Waals surface area contributed by atoms with Crippen LogP contribution >= 0.6 is 11.3 Å². The smallest absolute Gasteiger partial charge is 0.169 e. The minimum Gasteiger partial charge on any atom is -0.294 e. The van der Waals surface area contributed by atoms with Gasteiger partial charge >= 0.3 is 0 Å². The van der Waals surface area contributed by atoms with Crippen molar-refractivity contribution >= 4 is 17.1 Å². The maximum absolute atomic E-state index is 11.2. The van der Waals surface area contributed by atoms with Crippen LogP contribution in [-0.2, 0) is 0 Å². The average molecular weight is 220 g/mol. The van der Waals surface area contributed by atoms with E-state index in [4.69, 9.17) is 0 Å². The van der Waals surface area contributed by atoms with Gasteiger partial charge in [0.2, 0.25) is 0 Å². The number of hydrogen-bond donors (Lipinski definition) is 0. The normalized spacial score (nSPS) is 33.5. The second kappa shape index (κ2) is 3.44. The van der Waals surface area contributed by atoms with E-state index in [1.807, 2.05) is 6.07 Å². The van der Waals surface area contributed by atoms with Crippen LogP contribution < -0.4 is 0 Å². The summed E-state index contributed by atoms with van der Waals surface area (Å²) >= 11 is 1.73. The van der Waals surface area contributed by atoms with Crippen LogP contribution in [0.5, 0.6) is 0 Å². The maximum Gasteiger partial charge on any atom is 0.169 e. The molecule has 1 aromatic rings. The molecule has 1 nitrogen and oxygen atoms in total. The highest BCUT2D eigenvalue weighted by Crippen LogP contribution is 2.53. The summed E-state index contributed by atoms with van der Waals surface area (Å²) in [5.41, 5.74) is 0. The Kier molecular flexibility index (Phi) is 2.20. The first kappa shape index (κ1) is 9.59. The fourth-order valence-electron chi connectivity index (χ4n) is 3.33. The van der Waals surface area contributed by atoms with Crippen molar-refractivity contribution in [3.05, 3.63) is 21.9 Å². The number of Topliss-reactive ketones (excluding diaryl/α,β-unsaturated/α-hetero) is 1. The summed E-state index contributed by atoms with van der Waals surface area (Å²) in [7, 11) is 0. The van der Waals surface area contributed by atoms with E-state index in [0.717, 1.165) is 22.6 Å². The standard InChI is InChI=1S/C13H16OS/c1-8(14)12-4-5-13(15-12)11-7-9-2-3-10(11)6-9/h4-5,9-11H,2-3,6-7H2,1H3. The minimum absolute atomic E-state index is 0.217. The van der Waals surface area contributed by atoms with Crippen LogP contribution in [-0.4, -0.2) is 5.78 Å². The first-order valence-electron chi connectivity index (χ1n) is 5.84. The molecular weight excluding hydrogens is 204 g/mol. The summed E-state index contributed by atoms with van der Waals surface area (Å²) in [4.78, 5) is 13.6. The first-order chi connectivity index (χ1) is 7.24. The number of carbonyl (C=O) groups excluding carboxylic acids is 1. The van der Waals surface area contributed by atoms with E-state index in [-0.39, 0.29) is 5.78 Å². The van der Waals surface area contributed by atoms with Gasteiger partial charge in [-0.15, -0.1) is 11.3 Å². The molecule has 0 amide bonds. The molecule has 1 aromatic heterocycles. The van der Waals surface area contributed by atoms with E-state index < -0.39 is 0 Å². The monoisotopic (exact) mass is 220 g/mol. The molecule has 3 unspecified atom stereocenters. The quantitative estimate of drug-likeness (QED) is 0.692. The molecule has 3 atom stereocenters. The summed E-state index contributed by atoms with van der Waals surface area (Å²) in [5.74, 6) is 2.91. The summed E-state index contributed by atoms with van der Waals surface area (Å²) in [5, 5.41) is 0. The number of rotatable bonds is 2. The third-order valence-corrected chi connectivity index (χ3v) is 5.40. The van der Waals surface area contributed by atoms with Crippen molar-refractivity contribution in [2.75, 3.05) is 0 Å². The number of thiophene rings is 1. The topological polar surface area (TPSA) is 17.1 Å². The van der Waals surface area contributed by atoms with Crippen molar-refractivity contribution in [3.63, 3.8) is 0 Å². The Hall–Kier alpha value is -0.630. The maximum atomic E-state index is 11.2. The molecule has 2 fully saturated rings. The zero-order valence-corrected chi connectivity index (χ0v) is 9.85. The molecule has 2 aliphatic carbocycles. The van der Waals surface area contributed by atoms with Gasteiger partial charge in [-0.2, -0.15) is 0 Å². The zero-order valence-electron chi connectivity index (χ0n) is 9.03. The van der Waals surface area contributed by atoms with E-state index in [1.165, 1.54) is 30.6 Å². The lowest BCUT2D eigenvalue weighted by Crippen LogP contribution is -2.06. The number of ketones is 1.